The van der Waals surface area contributed by atoms with E-state index in [0.29, 0.717) is 12.6 Å². The first-order valence-electron chi connectivity index (χ1n) is 11.3. The minimum atomic E-state index is 0.0527. The van der Waals surface area contributed by atoms with Gasteiger partial charge in [0.2, 0.25) is 0 Å². The second kappa shape index (κ2) is 7.98. The first-order valence-corrected chi connectivity index (χ1v) is 11.3. The molecule has 3 saturated heterocycles. The molecule has 6 heteroatoms. The number of rotatable bonds is 4. The second-order valence-corrected chi connectivity index (χ2v) is 9.27. The van der Waals surface area contributed by atoms with Crippen LogP contribution in [0.15, 0.2) is 30.3 Å². The van der Waals surface area contributed by atoms with Gasteiger partial charge in [0, 0.05) is 44.3 Å². The first kappa shape index (κ1) is 18.9. The third-order valence-corrected chi connectivity index (χ3v) is 7.48. The number of nitrogens with zero attached hydrogens (tertiary/aromatic N) is 3. The van der Waals surface area contributed by atoms with Gasteiger partial charge in [0.05, 0.1) is 12.1 Å². The second-order valence-electron chi connectivity index (χ2n) is 9.27. The van der Waals surface area contributed by atoms with Crippen LogP contribution < -0.4 is 5.32 Å². The summed E-state index contributed by atoms with van der Waals surface area (Å²) < 4.78 is 0. The number of carbonyl (C=O) groups is 2. The van der Waals surface area contributed by atoms with E-state index in [2.05, 4.69) is 15.1 Å². The Balaban J connectivity index is 1.18. The number of piperidine rings is 2. The fourth-order valence-electron chi connectivity index (χ4n) is 5.60. The molecule has 4 fully saturated rings. The van der Waals surface area contributed by atoms with Gasteiger partial charge in [-0.1, -0.05) is 24.6 Å². The van der Waals surface area contributed by atoms with E-state index >= 15 is 0 Å². The molecule has 1 saturated carbocycles. The zero-order valence-corrected chi connectivity index (χ0v) is 17.1. The zero-order chi connectivity index (χ0) is 19.8. The summed E-state index contributed by atoms with van der Waals surface area (Å²) in [5.41, 5.74) is 0.728. The van der Waals surface area contributed by atoms with E-state index in [1.54, 1.807) is 0 Å². The smallest absolute Gasteiger partial charge is 0.318 e. The molecule has 2 atom stereocenters. The van der Waals surface area contributed by atoms with E-state index in [-0.39, 0.29) is 24.0 Å². The van der Waals surface area contributed by atoms with Crippen LogP contribution in [0.5, 0.6) is 0 Å². The van der Waals surface area contributed by atoms with Crippen molar-refractivity contribution in [2.75, 3.05) is 32.7 Å². The lowest BCUT2D eigenvalue weighted by atomic mass is 9.84. The SMILES string of the molecule is O=C(c1ccccc1)N1CCC2C(C1)NC(=O)N2C1CCN(CC2CCC2)CC1. The normalized spacial score (nSPS) is 28.8. The average molecular weight is 397 g/mol. The highest BCUT2D eigenvalue weighted by molar-refractivity contribution is 5.94. The molecule has 1 aliphatic carbocycles. The molecule has 0 radical (unpaired) electrons. The van der Waals surface area contributed by atoms with Gasteiger partial charge in [-0.3, -0.25) is 4.79 Å². The molecule has 4 aliphatic rings. The minimum absolute atomic E-state index is 0.0527. The molecule has 6 nitrogen and oxygen atoms in total. The molecule has 3 amide bonds. The van der Waals surface area contributed by atoms with Gasteiger partial charge in [-0.15, -0.1) is 0 Å². The monoisotopic (exact) mass is 396 g/mol. The quantitative estimate of drug-likeness (QED) is 0.851. The van der Waals surface area contributed by atoms with Gasteiger partial charge in [-0.05, 0) is 50.2 Å². The van der Waals surface area contributed by atoms with Gasteiger partial charge in [-0.25, -0.2) is 4.79 Å². The molecule has 0 bridgehead atoms. The van der Waals surface area contributed by atoms with E-state index in [9.17, 15) is 9.59 Å². The van der Waals surface area contributed by atoms with Crippen LogP contribution in [-0.2, 0) is 0 Å². The Hall–Kier alpha value is -2.08. The summed E-state index contributed by atoms with van der Waals surface area (Å²) in [6.07, 6.45) is 7.23. The Morgan fingerprint density at radius 3 is 2.45 bits per heavy atom. The Morgan fingerprint density at radius 2 is 1.76 bits per heavy atom. The van der Waals surface area contributed by atoms with Gasteiger partial charge in [0.25, 0.3) is 5.91 Å². The maximum absolute atomic E-state index is 12.8. The summed E-state index contributed by atoms with van der Waals surface area (Å²) in [6.45, 7) is 4.81. The highest BCUT2D eigenvalue weighted by Gasteiger charge is 2.46. The topological polar surface area (TPSA) is 55.9 Å². The van der Waals surface area contributed by atoms with Crippen LogP contribution in [0.2, 0.25) is 0 Å². The lowest BCUT2D eigenvalue weighted by Gasteiger charge is -2.43. The molecule has 1 aromatic rings. The molecule has 2 unspecified atom stereocenters. The number of hydrogen-bond acceptors (Lipinski definition) is 3. The van der Waals surface area contributed by atoms with Crippen LogP contribution in [0.3, 0.4) is 0 Å². The Morgan fingerprint density at radius 1 is 1.00 bits per heavy atom. The van der Waals surface area contributed by atoms with Gasteiger partial charge < -0.3 is 20.0 Å². The maximum Gasteiger partial charge on any atom is 0.318 e. The first-order chi connectivity index (χ1) is 14.2. The van der Waals surface area contributed by atoms with Crippen molar-refractivity contribution in [1.82, 2.24) is 20.0 Å². The van der Waals surface area contributed by atoms with Crippen LogP contribution in [0.4, 0.5) is 4.79 Å². The molecule has 1 N–H and O–H groups in total. The zero-order valence-electron chi connectivity index (χ0n) is 17.1. The Kier molecular flexibility index (Phi) is 5.20. The molecule has 5 rings (SSSR count). The van der Waals surface area contributed by atoms with Crippen molar-refractivity contribution in [2.45, 2.75) is 56.7 Å². The number of nitrogens with one attached hydrogen (secondary N) is 1. The molecular formula is C23H32N4O2. The largest absolute Gasteiger partial charge is 0.336 e. The summed E-state index contributed by atoms with van der Waals surface area (Å²) >= 11 is 0. The van der Waals surface area contributed by atoms with Crippen molar-refractivity contribution in [2.24, 2.45) is 5.92 Å². The van der Waals surface area contributed by atoms with Crippen molar-refractivity contribution in [3.05, 3.63) is 35.9 Å². The minimum Gasteiger partial charge on any atom is -0.336 e. The number of urea groups is 1. The highest BCUT2D eigenvalue weighted by atomic mass is 16.2. The summed E-state index contributed by atoms with van der Waals surface area (Å²) in [7, 11) is 0. The number of fused-ring (bicyclic) bond motifs is 1. The molecular weight excluding hydrogens is 364 g/mol. The van der Waals surface area contributed by atoms with E-state index in [1.165, 1.54) is 25.8 Å². The van der Waals surface area contributed by atoms with Crippen LogP contribution in [0.1, 0.15) is 48.9 Å². The number of carbonyl (C=O) groups excluding carboxylic acids is 2. The summed E-state index contributed by atoms with van der Waals surface area (Å²) in [6, 6.07) is 10.2. The molecule has 0 spiro atoms. The fraction of sp³-hybridized carbons (Fsp3) is 0.652. The third-order valence-electron chi connectivity index (χ3n) is 7.48. The highest BCUT2D eigenvalue weighted by Crippen LogP contribution is 2.31. The lowest BCUT2D eigenvalue weighted by molar-refractivity contribution is 0.0568. The molecule has 1 aromatic carbocycles. The number of amides is 3. The van der Waals surface area contributed by atoms with Crippen LogP contribution in [0, 0.1) is 5.92 Å². The van der Waals surface area contributed by atoms with Gasteiger partial charge >= 0.3 is 6.03 Å². The Bertz CT molecular complexity index is 743. The molecule has 156 valence electrons. The van der Waals surface area contributed by atoms with Gasteiger partial charge in [0.15, 0.2) is 0 Å². The summed E-state index contributed by atoms with van der Waals surface area (Å²) in [5, 5.41) is 3.18. The average Bonchev–Trinajstić information content (AvgIpc) is 3.06. The molecule has 3 heterocycles. The van der Waals surface area contributed by atoms with Crippen LogP contribution in [0.25, 0.3) is 0 Å². The van der Waals surface area contributed by atoms with Crippen molar-refractivity contribution in [1.29, 1.82) is 0 Å². The number of hydrogen-bond donors (Lipinski definition) is 1. The van der Waals surface area contributed by atoms with E-state index < -0.39 is 0 Å². The van der Waals surface area contributed by atoms with Crippen LogP contribution in [-0.4, -0.2) is 77.5 Å². The van der Waals surface area contributed by atoms with Crippen LogP contribution >= 0.6 is 0 Å². The van der Waals surface area contributed by atoms with Gasteiger partial charge in [-0.2, -0.15) is 0 Å². The predicted octanol–water partition coefficient (Wildman–Crippen LogP) is 2.56. The van der Waals surface area contributed by atoms with Gasteiger partial charge in [0.1, 0.15) is 0 Å². The van der Waals surface area contributed by atoms with Crippen molar-refractivity contribution in [3.8, 4) is 0 Å². The van der Waals surface area contributed by atoms with Crippen molar-refractivity contribution < 1.29 is 9.59 Å². The molecule has 0 aromatic heterocycles. The third kappa shape index (κ3) is 3.75. The summed E-state index contributed by atoms with van der Waals surface area (Å²) in [4.78, 5) is 32.2. The number of benzene rings is 1. The maximum atomic E-state index is 12.8. The molecule has 3 aliphatic heterocycles. The summed E-state index contributed by atoms with van der Waals surface area (Å²) in [5.74, 6) is 0.985. The van der Waals surface area contributed by atoms with E-state index in [4.69, 9.17) is 0 Å². The predicted molar refractivity (Wildman–Crippen MR) is 112 cm³/mol. The molecule has 29 heavy (non-hydrogen) atoms. The van der Waals surface area contributed by atoms with E-state index in [1.807, 2.05) is 35.2 Å². The lowest BCUT2D eigenvalue weighted by Crippen LogP contribution is -2.55. The fourth-order valence-corrected chi connectivity index (χ4v) is 5.60. The van der Waals surface area contributed by atoms with E-state index in [0.717, 1.165) is 50.4 Å². The number of likely N-dealkylation sites (tertiary alicyclic amines) is 2. The Labute approximate surface area is 173 Å². The van der Waals surface area contributed by atoms with Crippen molar-refractivity contribution >= 4 is 11.9 Å². The standard InChI is InChI=1S/C23H32N4O2/c28-22(18-7-2-1-3-8-18)26-14-11-21-20(16-26)24-23(29)27(21)19-9-12-25(13-10-19)15-17-5-4-6-17/h1-3,7-8,17,19-21H,4-6,9-16H2,(H,24,29). The van der Waals surface area contributed by atoms with Crippen molar-refractivity contribution in [3.63, 3.8) is 0 Å².